The molecule has 0 aliphatic rings. The van der Waals surface area contributed by atoms with Gasteiger partial charge in [-0.3, -0.25) is 9.36 Å². The minimum Gasteiger partial charge on any atom is -0.481 e. The minimum atomic E-state index is -0.862. The van der Waals surface area contributed by atoms with E-state index in [2.05, 4.69) is 39.1 Å². The quantitative estimate of drug-likeness (QED) is 0.790. The molecular formula is C14H16BrN3O2S. The van der Waals surface area contributed by atoms with Crippen LogP contribution in [0.5, 0.6) is 0 Å². The van der Waals surface area contributed by atoms with Crippen molar-refractivity contribution in [2.24, 2.45) is 0 Å². The highest BCUT2D eigenvalue weighted by molar-refractivity contribution is 9.10. The SMILES string of the molecule is CCc1cc(Br)ccc1-n1c(CC)nnc1SCC(=O)O. The van der Waals surface area contributed by atoms with Crippen molar-refractivity contribution in [3.8, 4) is 5.69 Å². The number of carboxylic acids is 1. The van der Waals surface area contributed by atoms with Crippen molar-refractivity contribution < 1.29 is 9.90 Å². The van der Waals surface area contributed by atoms with Crippen LogP contribution in [0.1, 0.15) is 25.2 Å². The Labute approximate surface area is 135 Å². The second-order valence-electron chi connectivity index (χ2n) is 4.40. The molecule has 1 heterocycles. The summed E-state index contributed by atoms with van der Waals surface area (Å²) in [6, 6.07) is 6.05. The fourth-order valence-corrected chi connectivity index (χ4v) is 3.14. The van der Waals surface area contributed by atoms with E-state index in [4.69, 9.17) is 5.11 Å². The zero-order valence-electron chi connectivity index (χ0n) is 11.8. The molecule has 0 aliphatic heterocycles. The fraction of sp³-hybridized carbons (Fsp3) is 0.357. The van der Waals surface area contributed by atoms with Crippen molar-refractivity contribution in [2.45, 2.75) is 31.8 Å². The number of benzene rings is 1. The number of aryl methyl sites for hydroxylation is 2. The van der Waals surface area contributed by atoms with Crippen molar-refractivity contribution in [1.82, 2.24) is 14.8 Å². The summed E-state index contributed by atoms with van der Waals surface area (Å²) in [5, 5.41) is 17.8. The van der Waals surface area contributed by atoms with E-state index in [1.165, 1.54) is 11.8 Å². The molecule has 0 amide bonds. The summed E-state index contributed by atoms with van der Waals surface area (Å²) in [5.41, 5.74) is 2.17. The summed E-state index contributed by atoms with van der Waals surface area (Å²) in [5.74, 6) is -0.0566. The second-order valence-corrected chi connectivity index (χ2v) is 6.25. The molecule has 0 saturated carbocycles. The third kappa shape index (κ3) is 3.65. The van der Waals surface area contributed by atoms with Crippen LogP contribution in [-0.2, 0) is 17.6 Å². The fourth-order valence-electron chi connectivity index (χ4n) is 2.05. The highest BCUT2D eigenvalue weighted by atomic mass is 79.9. The van der Waals surface area contributed by atoms with Crippen LogP contribution in [0.3, 0.4) is 0 Å². The van der Waals surface area contributed by atoms with Crippen LogP contribution < -0.4 is 0 Å². The molecular weight excluding hydrogens is 354 g/mol. The number of halogens is 1. The summed E-state index contributed by atoms with van der Waals surface area (Å²) in [6.45, 7) is 4.10. The first kappa shape index (κ1) is 16.0. The van der Waals surface area contributed by atoms with Gasteiger partial charge in [0.05, 0.1) is 11.4 Å². The Morgan fingerprint density at radius 1 is 1.33 bits per heavy atom. The lowest BCUT2D eigenvalue weighted by atomic mass is 10.1. The molecule has 21 heavy (non-hydrogen) atoms. The van der Waals surface area contributed by atoms with Gasteiger partial charge in [0.15, 0.2) is 5.16 Å². The number of carbonyl (C=O) groups is 1. The number of rotatable bonds is 6. The summed E-state index contributed by atoms with van der Waals surface area (Å²) in [7, 11) is 0. The molecule has 2 rings (SSSR count). The minimum absolute atomic E-state index is 0.0279. The summed E-state index contributed by atoms with van der Waals surface area (Å²) in [4.78, 5) is 10.8. The van der Waals surface area contributed by atoms with Gasteiger partial charge in [0.1, 0.15) is 5.82 Å². The number of nitrogens with zero attached hydrogens (tertiary/aromatic N) is 3. The Morgan fingerprint density at radius 3 is 2.71 bits per heavy atom. The van der Waals surface area contributed by atoms with E-state index >= 15 is 0 Å². The number of aliphatic carboxylic acids is 1. The average molecular weight is 370 g/mol. The zero-order chi connectivity index (χ0) is 15.4. The van der Waals surface area contributed by atoms with E-state index in [1.54, 1.807) is 0 Å². The van der Waals surface area contributed by atoms with Crippen LogP contribution in [-0.4, -0.2) is 31.6 Å². The van der Waals surface area contributed by atoms with Crippen LogP contribution in [0, 0.1) is 0 Å². The molecule has 2 aromatic rings. The smallest absolute Gasteiger partial charge is 0.313 e. The predicted octanol–water partition coefficient (Wildman–Crippen LogP) is 3.33. The van der Waals surface area contributed by atoms with Crippen LogP contribution in [0.2, 0.25) is 0 Å². The van der Waals surface area contributed by atoms with Crippen molar-refractivity contribution in [3.05, 3.63) is 34.1 Å². The third-order valence-electron chi connectivity index (χ3n) is 3.00. The Morgan fingerprint density at radius 2 is 2.10 bits per heavy atom. The molecule has 1 aromatic heterocycles. The molecule has 0 spiro atoms. The van der Waals surface area contributed by atoms with E-state index in [0.29, 0.717) is 5.16 Å². The van der Waals surface area contributed by atoms with Gasteiger partial charge in [0, 0.05) is 10.9 Å². The molecule has 1 N–H and O–H groups in total. The summed E-state index contributed by atoms with van der Waals surface area (Å²) in [6.07, 6.45) is 1.61. The van der Waals surface area contributed by atoms with Crippen molar-refractivity contribution in [3.63, 3.8) is 0 Å². The lowest BCUT2D eigenvalue weighted by Crippen LogP contribution is -2.06. The molecule has 0 unspecified atom stereocenters. The second kappa shape index (κ2) is 7.09. The van der Waals surface area contributed by atoms with Gasteiger partial charge in [0.25, 0.3) is 0 Å². The van der Waals surface area contributed by atoms with Crippen LogP contribution >= 0.6 is 27.7 Å². The maximum Gasteiger partial charge on any atom is 0.313 e. The van der Waals surface area contributed by atoms with Crippen LogP contribution in [0.4, 0.5) is 0 Å². The molecule has 0 aliphatic carbocycles. The average Bonchev–Trinajstić information content (AvgIpc) is 2.87. The van der Waals surface area contributed by atoms with Gasteiger partial charge >= 0.3 is 5.97 Å². The monoisotopic (exact) mass is 369 g/mol. The van der Waals surface area contributed by atoms with Crippen LogP contribution in [0.15, 0.2) is 27.8 Å². The zero-order valence-corrected chi connectivity index (χ0v) is 14.2. The van der Waals surface area contributed by atoms with E-state index in [0.717, 1.165) is 34.4 Å². The highest BCUT2D eigenvalue weighted by Gasteiger charge is 2.16. The van der Waals surface area contributed by atoms with Crippen LogP contribution in [0.25, 0.3) is 5.69 Å². The molecule has 1 aromatic carbocycles. The number of thioether (sulfide) groups is 1. The molecule has 0 saturated heterocycles. The molecule has 7 heteroatoms. The van der Waals surface area contributed by atoms with Crippen molar-refractivity contribution in [2.75, 3.05) is 5.75 Å². The summed E-state index contributed by atoms with van der Waals surface area (Å²) < 4.78 is 2.98. The molecule has 112 valence electrons. The first-order chi connectivity index (χ1) is 10.1. The van der Waals surface area contributed by atoms with E-state index in [-0.39, 0.29) is 5.75 Å². The van der Waals surface area contributed by atoms with E-state index in [9.17, 15) is 4.79 Å². The molecule has 0 bridgehead atoms. The van der Waals surface area contributed by atoms with Gasteiger partial charge in [-0.2, -0.15) is 0 Å². The predicted molar refractivity (Wildman–Crippen MR) is 86.2 cm³/mol. The van der Waals surface area contributed by atoms with Gasteiger partial charge in [0.2, 0.25) is 0 Å². The number of aromatic nitrogens is 3. The highest BCUT2D eigenvalue weighted by Crippen LogP contribution is 2.27. The van der Waals surface area contributed by atoms with Gasteiger partial charge in [-0.25, -0.2) is 0 Å². The Bertz CT molecular complexity index is 658. The molecule has 0 atom stereocenters. The standard InChI is InChI=1S/C14H16BrN3O2S/c1-3-9-7-10(15)5-6-11(9)18-12(4-2)16-17-14(18)21-8-13(19)20/h5-7H,3-4,8H2,1-2H3,(H,19,20). The maximum absolute atomic E-state index is 10.8. The molecule has 0 radical (unpaired) electrons. The summed E-state index contributed by atoms with van der Waals surface area (Å²) >= 11 is 4.67. The normalized spacial score (nSPS) is 10.8. The number of carboxylic acid groups (broad SMARTS) is 1. The first-order valence-corrected chi connectivity index (χ1v) is 8.42. The Balaban J connectivity index is 2.50. The molecule has 0 fully saturated rings. The number of hydrogen-bond donors (Lipinski definition) is 1. The third-order valence-corrected chi connectivity index (χ3v) is 4.41. The largest absolute Gasteiger partial charge is 0.481 e. The maximum atomic E-state index is 10.8. The van der Waals surface area contributed by atoms with Crippen molar-refractivity contribution in [1.29, 1.82) is 0 Å². The topological polar surface area (TPSA) is 68.0 Å². The Hall–Kier alpha value is -1.34. The Kier molecular flexibility index (Phi) is 5.41. The lowest BCUT2D eigenvalue weighted by Gasteiger charge is -2.13. The van der Waals surface area contributed by atoms with Gasteiger partial charge in [-0.1, -0.05) is 41.5 Å². The van der Waals surface area contributed by atoms with E-state index in [1.807, 2.05) is 23.6 Å². The van der Waals surface area contributed by atoms with Gasteiger partial charge < -0.3 is 5.11 Å². The first-order valence-electron chi connectivity index (χ1n) is 6.64. The van der Waals surface area contributed by atoms with Gasteiger partial charge in [-0.15, -0.1) is 10.2 Å². The van der Waals surface area contributed by atoms with Gasteiger partial charge in [-0.05, 0) is 30.2 Å². The lowest BCUT2D eigenvalue weighted by molar-refractivity contribution is -0.133. The van der Waals surface area contributed by atoms with E-state index < -0.39 is 5.97 Å². The molecule has 5 nitrogen and oxygen atoms in total. The van der Waals surface area contributed by atoms with Crippen molar-refractivity contribution >= 4 is 33.7 Å². The number of hydrogen-bond acceptors (Lipinski definition) is 4.